The summed E-state index contributed by atoms with van der Waals surface area (Å²) in [4.78, 5) is 0. The predicted octanol–water partition coefficient (Wildman–Crippen LogP) is 4.72. The summed E-state index contributed by atoms with van der Waals surface area (Å²) in [6, 6.07) is 6.15. The minimum Gasteiger partial charge on any atom is -0.488 e. The summed E-state index contributed by atoms with van der Waals surface area (Å²) in [6.07, 6.45) is 0. The Bertz CT molecular complexity index is 432. The van der Waals surface area contributed by atoms with Gasteiger partial charge in [-0.1, -0.05) is 31.5 Å². The van der Waals surface area contributed by atoms with E-state index in [0.717, 1.165) is 28.9 Å². The summed E-state index contributed by atoms with van der Waals surface area (Å²) in [5, 5.41) is 3.42. The highest BCUT2D eigenvalue weighted by Gasteiger charge is 2.03. The second kappa shape index (κ2) is 8.62. The molecule has 0 bridgehead atoms. The zero-order chi connectivity index (χ0) is 14.3. The molecule has 0 aromatic heterocycles. The molecular weight excluding hydrogens is 326 g/mol. The number of nitrogens with one attached hydrogen (secondary N) is 1. The average molecular weight is 347 g/mol. The van der Waals surface area contributed by atoms with Gasteiger partial charge in [0.05, 0.1) is 4.47 Å². The third-order valence-electron chi connectivity index (χ3n) is 2.52. The van der Waals surface area contributed by atoms with Crippen LogP contribution in [0.4, 0.5) is 0 Å². The molecule has 0 heterocycles. The molecule has 0 saturated heterocycles. The second-order valence-corrected chi connectivity index (χ2v) is 6.11. The number of rotatable bonds is 7. The van der Waals surface area contributed by atoms with Gasteiger partial charge in [0, 0.05) is 12.1 Å². The van der Waals surface area contributed by atoms with E-state index in [2.05, 4.69) is 47.2 Å². The standard InChI is InChI=1S/C15H21BrClNO/c1-11(2)8-18-9-13-4-5-15(14(16)6-13)19-10-12(3)7-17/h4-7,11,18H,8-10H2,1-3H3/b12-7+. The van der Waals surface area contributed by atoms with Gasteiger partial charge in [-0.15, -0.1) is 0 Å². The van der Waals surface area contributed by atoms with Crippen molar-refractivity contribution in [3.05, 3.63) is 39.3 Å². The van der Waals surface area contributed by atoms with Crippen LogP contribution in [0.25, 0.3) is 0 Å². The molecule has 0 aliphatic rings. The van der Waals surface area contributed by atoms with Crippen LogP contribution < -0.4 is 10.1 Å². The lowest BCUT2D eigenvalue weighted by molar-refractivity contribution is 0.350. The molecule has 0 saturated carbocycles. The van der Waals surface area contributed by atoms with Gasteiger partial charge in [0.25, 0.3) is 0 Å². The second-order valence-electron chi connectivity index (χ2n) is 5.03. The third-order valence-corrected chi connectivity index (χ3v) is 3.51. The molecule has 4 heteroatoms. The smallest absolute Gasteiger partial charge is 0.133 e. The molecule has 0 spiro atoms. The highest BCUT2D eigenvalue weighted by molar-refractivity contribution is 9.10. The maximum absolute atomic E-state index is 5.67. The minimum atomic E-state index is 0.507. The first kappa shape index (κ1) is 16.5. The van der Waals surface area contributed by atoms with E-state index in [1.165, 1.54) is 11.1 Å². The first-order valence-corrected chi connectivity index (χ1v) is 7.63. The fourth-order valence-corrected chi connectivity index (χ4v) is 2.10. The van der Waals surface area contributed by atoms with Crippen molar-refractivity contribution in [2.24, 2.45) is 5.92 Å². The highest BCUT2D eigenvalue weighted by Crippen LogP contribution is 2.26. The van der Waals surface area contributed by atoms with Crippen LogP contribution >= 0.6 is 27.5 Å². The Morgan fingerprint density at radius 3 is 2.79 bits per heavy atom. The van der Waals surface area contributed by atoms with Crippen molar-refractivity contribution in [1.29, 1.82) is 0 Å². The Hall–Kier alpha value is -0.510. The summed E-state index contributed by atoms with van der Waals surface area (Å²) in [5.74, 6) is 1.50. The zero-order valence-corrected chi connectivity index (χ0v) is 14.0. The zero-order valence-electron chi connectivity index (χ0n) is 11.7. The van der Waals surface area contributed by atoms with Crippen molar-refractivity contribution in [3.8, 4) is 5.75 Å². The molecule has 0 aliphatic heterocycles. The Balaban J connectivity index is 2.54. The first-order valence-electron chi connectivity index (χ1n) is 6.40. The van der Waals surface area contributed by atoms with Gasteiger partial charge < -0.3 is 10.1 Å². The molecule has 1 aromatic carbocycles. The van der Waals surface area contributed by atoms with E-state index in [1.54, 1.807) is 0 Å². The van der Waals surface area contributed by atoms with Crippen LogP contribution in [-0.4, -0.2) is 13.2 Å². The molecule has 0 aliphatic carbocycles. The molecule has 0 radical (unpaired) electrons. The molecule has 0 atom stereocenters. The summed E-state index contributed by atoms with van der Waals surface area (Å²) in [7, 11) is 0. The van der Waals surface area contributed by atoms with Crippen molar-refractivity contribution < 1.29 is 4.74 Å². The van der Waals surface area contributed by atoms with E-state index in [1.807, 2.05) is 13.0 Å². The molecule has 2 nitrogen and oxygen atoms in total. The summed E-state index contributed by atoms with van der Waals surface area (Å²) >= 11 is 9.14. The Morgan fingerprint density at radius 1 is 1.47 bits per heavy atom. The van der Waals surface area contributed by atoms with Crippen LogP contribution in [0.5, 0.6) is 5.75 Å². The van der Waals surface area contributed by atoms with Crippen molar-refractivity contribution in [3.63, 3.8) is 0 Å². The maximum Gasteiger partial charge on any atom is 0.133 e. The molecule has 1 N–H and O–H groups in total. The molecule has 0 amide bonds. The van der Waals surface area contributed by atoms with Crippen LogP contribution in [-0.2, 0) is 6.54 Å². The number of hydrogen-bond acceptors (Lipinski definition) is 2. The lowest BCUT2D eigenvalue weighted by atomic mass is 10.2. The maximum atomic E-state index is 5.67. The van der Waals surface area contributed by atoms with E-state index >= 15 is 0 Å². The molecule has 1 aromatic rings. The average Bonchev–Trinajstić information content (AvgIpc) is 2.37. The number of ether oxygens (including phenoxy) is 1. The van der Waals surface area contributed by atoms with E-state index < -0.39 is 0 Å². The van der Waals surface area contributed by atoms with Crippen molar-refractivity contribution in [1.82, 2.24) is 5.32 Å². The van der Waals surface area contributed by atoms with Gasteiger partial charge in [-0.05, 0) is 58.6 Å². The van der Waals surface area contributed by atoms with Gasteiger partial charge in [0.1, 0.15) is 12.4 Å². The van der Waals surface area contributed by atoms with Crippen LogP contribution in [0.1, 0.15) is 26.3 Å². The van der Waals surface area contributed by atoms with E-state index in [0.29, 0.717) is 12.5 Å². The lowest BCUT2D eigenvalue weighted by Gasteiger charge is -2.11. The van der Waals surface area contributed by atoms with Crippen LogP contribution in [0.15, 0.2) is 33.8 Å². The molecule has 1 rings (SSSR count). The molecule has 19 heavy (non-hydrogen) atoms. The largest absolute Gasteiger partial charge is 0.488 e. The Labute approximate surface area is 129 Å². The van der Waals surface area contributed by atoms with Crippen molar-refractivity contribution in [2.45, 2.75) is 27.3 Å². The minimum absolute atomic E-state index is 0.507. The summed E-state index contributed by atoms with van der Waals surface area (Å²) in [6.45, 7) is 8.74. The van der Waals surface area contributed by atoms with Crippen LogP contribution in [0.3, 0.4) is 0 Å². The Morgan fingerprint density at radius 2 is 2.21 bits per heavy atom. The molecule has 0 unspecified atom stereocenters. The Kier molecular flexibility index (Phi) is 7.51. The van der Waals surface area contributed by atoms with Gasteiger partial charge in [0.2, 0.25) is 0 Å². The fraction of sp³-hybridized carbons (Fsp3) is 0.467. The van der Waals surface area contributed by atoms with Gasteiger partial charge in [-0.25, -0.2) is 0 Å². The van der Waals surface area contributed by atoms with E-state index in [9.17, 15) is 0 Å². The number of benzene rings is 1. The normalized spacial score (nSPS) is 12.0. The third kappa shape index (κ3) is 6.46. The topological polar surface area (TPSA) is 21.3 Å². The van der Waals surface area contributed by atoms with Crippen molar-refractivity contribution in [2.75, 3.05) is 13.2 Å². The van der Waals surface area contributed by atoms with Gasteiger partial charge >= 0.3 is 0 Å². The monoisotopic (exact) mass is 345 g/mol. The van der Waals surface area contributed by atoms with Crippen LogP contribution in [0, 0.1) is 5.92 Å². The van der Waals surface area contributed by atoms with Gasteiger partial charge in [-0.2, -0.15) is 0 Å². The predicted molar refractivity (Wildman–Crippen MR) is 85.8 cm³/mol. The fourth-order valence-electron chi connectivity index (χ4n) is 1.50. The number of halogens is 2. The highest BCUT2D eigenvalue weighted by atomic mass is 79.9. The summed E-state index contributed by atoms with van der Waals surface area (Å²) in [5.41, 5.74) is 3.78. The molecular formula is C15H21BrClNO. The van der Waals surface area contributed by atoms with Gasteiger partial charge in [0.15, 0.2) is 0 Å². The molecule has 0 fully saturated rings. The van der Waals surface area contributed by atoms with E-state index in [-0.39, 0.29) is 0 Å². The molecule has 106 valence electrons. The summed E-state index contributed by atoms with van der Waals surface area (Å²) < 4.78 is 6.64. The number of hydrogen-bond donors (Lipinski definition) is 1. The van der Waals surface area contributed by atoms with E-state index in [4.69, 9.17) is 16.3 Å². The SMILES string of the molecule is C/C(=C\Cl)COc1ccc(CNCC(C)C)cc1Br. The quantitative estimate of drug-likeness (QED) is 0.771. The first-order chi connectivity index (χ1) is 9.02. The van der Waals surface area contributed by atoms with Crippen LogP contribution in [0.2, 0.25) is 0 Å². The van der Waals surface area contributed by atoms with Crippen molar-refractivity contribution >= 4 is 27.5 Å². The van der Waals surface area contributed by atoms with Gasteiger partial charge in [-0.3, -0.25) is 0 Å². The lowest BCUT2D eigenvalue weighted by Crippen LogP contribution is -2.18.